The van der Waals surface area contributed by atoms with Crippen LogP contribution in [-0.4, -0.2) is 38.5 Å². The van der Waals surface area contributed by atoms with E-state index < -0.39 is 0 Å². The van der Waals surface area contributed by atoms with Crippen molar-refractivity contribution in [3.63, 3.8) is 0 Å². The molecule has 0 N–H and O–H groups in total. The number of carbonyl (C=O) groups is 1. The Hall–Kier alpha value is -0.610. The van der Waals surface area contributed by atoms with E-state index in [9.17, 15) is 4.79 Å². The largest absolute Gasteiger partial charge is 0.460 e. The molecule has 0 saturated heterocycles. The van der Waals surface area contributed by atoms with Gasteiger partial charge in [-0.3, -0.25) is 4.79 Å². The molecular formula is C15H30O4. The summed E-state index contributed by atoms with van der Waals surface area (Å²) in [4.78, 5) is 11.6. The number of unbranched alkanes of at least 4 members (excludes halogenated alkanes) is 4. The first kappa shape index (κ1) is 18.4. The molecule has 0 aromatic rings. The lowest BCUT2D eigenvalue weighted by Gasteiger charge is -2.17. The van der Waals surface area contributed by atoms with Crippen molar-refractivity contribution in [1.29, 1.82) is 0 Å². The maximum atomic E-state index is 11.6. The normalized spacial score (nSPS) is 14.1. The van der Waals surface area contributed by atoms with Gasteiger partial charge < -0.3 is 14.2 Å². The summed E-state index contributed by atoms with van der Waals surface area (Å²) < 4.78 is 15.8. The first-order valence-corrected chi connectivity index (χ1v) is 7.40. The zero-order valence-electron chi connectivity index (χ0n) is 12.9. The van der Waals surface area contributed by atoms with E-state index in [1.807, 2.05) is 13.8 Å². The highest BCUT2D eigenvalue weighted by Crippen LogP contribution is 2.07. The van der Waals surface area contributed by atoms with Gasteiger partial charge in [0.1, 0.15) is 6.10 Å². The standard InChI is InChI=1S/C15H30O4/c1-5-6-7-8-9-10-15(16)19-14(3)12-18-13(2)11-17-4/h13-14H,5-12H2,1-4H3. The van der Waals surface area contributed by atoms with Gasteiger partial charge in [-0.05, 0) is 20.3 Å². The van der Waals surface area contributed by atoms with Crippen LogP contribution in [0, 0.1) is 0 Å². The van der Waals surface area contributed by atoms with E-state index in [1.54, 1.807) is 7.11 Å². The Morgan fingerprint density at radius 3 is 2.32 bits per heavy atom. The summed E-state index contributed by atoms with van der Waals surface area (Å²) in [5, 5.41) is 0. The van der Waals surface area contributed by atoms with E-state index in [1.165, 1.54) is 19.3 Å². The molecule has 0 amide bonds. The fraction of sp³-hybridized carbons (Fsp3) is 0.933. The second kappa shape index (κ2) is 12.4. The molecule has 0 aromatic carbocycles. The minimum atomic E-state index is -0.192. The lowest BCUT2D eigenvalue weighted by molar-refractivity contribution is -0.152. The van der Waals surface area contributed by atoms with E-state index in [0.717, 1.165) is 12.8 Å². The summed E-state index contributed by atoms with van der Waals surface area (Å²) in [5.74, 6) is -0.119. The van der Waals surface area contributed by atoms with Gasteiger partial charge in [-0.25, -0.2) is 0 Å². The van der Waals surface area contributed by atoms with Gasteiger partial charge >= 0.3 is 5.97 Å². The van der Waals surface area contributed by atoms with Gasteiger partial charge in [0.2, 0.25) is 0 Å². The van der Waals surface area contributed by atoms with Gasteiger partial charge in [-0.2, -0.15) is 0 Å². The number of hydrogen-bond donors (Lipinski definition) is 0. The molecule has 0 aromatic heterocycles. The highest BCUT2D eigenvalue weighted by atomic mass is 16.6. The van der Waals surface area contributed by atoms with Crippen molar-refractivity contribution in [3.8, 4) is 0 Å². The average molecular weight is 274 g/mol. The second-order valence-electron chi connectivity index (χ2n) is 5.06. The van der Waals surface area contributed by atoms with Gasteiger partial charge in [0.15, 0.2) is 0 Å². The summed E-state index contributed by atoms with van der Waals surface area (Å²) >= 11 is 0. The van der Waals surface area contributed by atoms with Crippen LogP contribution in [0.1, 0.15) is 59.3 Å². The van der Waals surface area contributed by atoms with E-state index in [0.29, 0.717) is 19.6 Å². The van der Waals surface area contributed by atoms with Crippen LogP contribution in [0.3, 0.4) is 0 Å². The van der Waals surface area contributed by atoms with Gasteiger partial charge in [-0.15, -0.1) is 0 Å². The first-order chi connectivity index (χ1) is 9.10. The molecule has 114 valence electrons. The molecule has 19 heavy (non-hydrogen) atoms. The van der Waals surface area contributed by atoms with Crippen molar-refractivity contribution < 1.29 is 19.0 Å². The molecule has 0 bridgehead atoms. The molecule has 0 spiro atoms. The Kier molecular flexibility index (Phi) is 12.0. The Morgan fingerprint density at radius 1 is 1.00 bits per heavy atom. The average Bonchev–Trinajstić information content (AvgIpc) is 2.36. The molecule has 0 aliphatic rings. The van der Waals surface area contributed by atoms with Crippen LogP contribution in [-0.2, 0) is 19.0 Å². The van der Waals surface area contributed by atoms with Crippen molar-refractivity contribution in [3.05, 3.63) is 0 Å². The van der Waals surface area contributed by atoms with Crippen molar-refractivity contribution in [2.24, 2.45) is 0 Å². The number of methoxy groups -OCH3 is 1. The fourth-order valence-corrected chi connectivity index (χ4v) is 1.77. The van der Waals surface area contributed by atoms with Gasteiger partial charge in [0, 0.05) is 13.5 Å². The molecule has 2 unspecified atom stereocenters. The number of carbonyl (C=O) groups excluding carboxylic acids is 1. The third-order valence-corrected chi connectivity index (χ3v) is 2.83. The number of hydrogen-bond acceptors (Lipinski definition) is 4. The second-order valence-corrected chi connectivity index (χ2v) is 5.06. The van der Waals surface area contributed by atoms with Gasteiger partial charge in [0.25, 0.3) is 0 Å². The molecule has 0 radical (unpaired) electrons. The number of ether oxygens (including phenoxy) is 3. The van der Waals surface area contributed by atoms with Crippen molar-refractivity contribution in [2.75, 3.05) is 20.3 Å². The van der Waals surface area contributed by atoms with Crippen molar-refractivity contribution >= 4 is 5.97 Å². The smallest absolute Gasteiger partial charge is 0.306 e. The maximum absolute atomic E-state index is 11.6. The third kappa shape index (κ3) is 12.2. The Morgan fingerprint density at radius 2 is 1.68 bits per heavy atom. The minimum Gasteiger partial charge on any atom is -0.460 e. The van der Waals surface area contributed by atoms with Crippen molar-refractivity contribution in [2.45, 2.75) is 71.5 Å². The maximum Gasteiger partial charge on any atom is 0.306 e. The Labute approximate surface area is 117 Å². The molecule has 0 heterocycles. The lowest BCUT2D eigenvalue weighted by Crippen LogP contribution is -2.25. The van der Waals surface area contributed by atoms with Crippen LogP contribution >= 0.6 is 0 Å². The van der Waals surface area contributed by atoms with Crippen LogP contribution in [0.4, 0.5) is 0 Å². The van der Waals surface area contributed by atoms with E-state index in [-0.39, 0.29) is 18.2 Å². The zero-order valence-corrected chi connectivity index (χ0v) is 12.9. The highest BCUT2D eigenvalue weighted by Gasteiger charge is 2.11. The molecule has 0 rings (SSSR count). The predicted molar refractivity (Wildman–Crippen MR) is 76.2 cm³/mol. The topological polar surface area (TPSA) is 44.8 Å². The molecule has 0 fully saturated rings. The van der Waals surface area contributed by atoms with E-state index >= 15 is 0 Å². The monoisotopic (exact) mass is 274 g/mol. The van der Waals surface area contributed by atoms with Gasteiger partial charge in [0.05, 0.1) is 19.3 Å². The van der Waals surface area contributed by atoms with Crippen LogP contribution in [0.5, 0.6) is 0 Å². The summed E-state index contributed by atoms with van der Waals surface area (Å²) in [6.45, 7) is 6.95. The first-order valence-electron chi connectivity index (χ1n) is 7.40. The summed E-state index contributed by atoms with van der Waals surface area (Å²) in [7, 11) is 1.64. The molecular weight excluding hydrogens is 244 g/mol. The van der Waals surface area contributed by atoms with E-state index in [4.69, 9.17) is 14.2 Å². The third-order valence-electron chi connectivity index (χ3n) is 2.83. The molecule has 4 heteroatoms. The molecule has 0 aliphatic carbocycles. The molecule has 0 aliphatic heterocycles. The van der Waals surface area contributed by atoms with Crippen LogP contribution in [0.25, 0.3) is 0 Å². The summed E-state index contributed by atoms with van der Waals surface area (Å²) in [6, 6.07) is 0. The molecule has 0 saturated carbocycles. The van der Waals surface area contributed by atoms with E-state index in [2.05, 4.69) is 6.92 Å². The Balaban J connectivity index is 3.52. The lowest BCUT2D eigenvalue weighted by atomic mass is 10.1. The summed E-state index contributed by atoms with van der Waals surface area (Å²) in [5.41, 5.74) is 0. The van der Waals surface area contributed by atoms with Crippen LogP contribution < -0.4 is 0 Å². The Bertz CT molecular complexity index is 218. The summed E-state index contributed by atoms with van der Waals surface area (Å²) in [6.07, 6.45) is 6.06. The highest BCUT2D eigenvalue weighted by molar-refractivity contribution is 5.69. The zero-order chi connectivity index (χ0) is 14.5. The van der Waals surface area contributed by atoms with Crippen LogP contribution in [0.2, 0.25) is 0 Å². The fourth-order valence-electron chi connectivity index (χ4n) is 1.77. The van der Waals surface area contributed by atoms with Crippen molar-refractivity contribution in [1.82, 2.24) is 0 Å². The minimum absolute atomic E-state index is 0.0280. The van der Waals surface area contributed by atoms with Gasteiger partial charge in [-0.1, -0.05) is 32.6 Å². The SMILES string of the molecule is CCCCCCCC(=O)OC(C)COC(C)COC. The number of rotatable bonds is 12. The quantitative estimate of drug-likeness (QED) is 0.404. The predicted octanol–water partition coefficient (Wildman–Crippen LogP) is 3.33. The molecule has 2 atom stereocenters. The molecule has 4 nitrogen and oxygen atoms in total. The number of esters is 1. The van der Waals surface area contributed by atoms with Crippen LogP contribution in [0.15, 0.2) is 0 Å².